The van der Waals surface area contributed by atoms with E-state index in [-0.39, 0.29) is 24.0 Å². The molecule has 0 unspecified atom stereocenters. The van der Waals surface area contributed by atoms with Crippen molar-refractivity contribution in [1.82, 2.24) is 4.90 Å². The quantitative estimate of drug-likeness (QED) is 0.922. The largest absolute Gasteiger partial charge is 0.383 e. The molecule has 23 heavy (non-hydrogen) atoms. The van der Waals surface area contributed by atoms with E-state index in [1.165, 1.54) is 0 Å². The molecule has 2 heterocycles. The number of benzene rings is 1. The molecule has 1 aromatic carbocycles. The molecule has 0 saturated carbocycles. The van der Waals surface area contributed by atoms with Gasteiger partial charge in [-0.1, -0.05) is 30.3 Å². The molecule has 3 atom stereocenters. The average Bonchev–Trinajstić information content (AvgIpc) is 2.61. The summed E-state index contributed by atoms with van der Waals surface area (Å²) in [4.78, 5) is 14.5. The summed E-state index contributed by atoms with van der Waals surface area (Å²) < 4.78 is 11.3. The number of aliphatic hydroxyl groups excluding tert-OH is 1. The van der Waals surface area contributed by atoms with Gasteiger partial charge in [0, 0.05) is 19.8 Å². The molecule has 0 radical (unpaired) electrons. The zero-order valence-corrected chi connectivity index (χ0v) is 13.6. The minimum absolute atomic E-state index is 0.00424. The van der Waals surface area contributed by atoms with E-state index < -0.39 is 6.10 Å². The summed E-state index contributed by atoms with van der Waals surface area (Å²) in [5, 5.41) is 10.5. The lowest BCUT2D eigenvalue weighted by Gasteiger charge is -2.39. The molecule has 2 saturated heterocycles. The normalized spacial score (nSPS) is 27.7. The molecule has 0 bridgehead atoms. The Kier molecular flexibility index (Phi) is 5.30. The monoisotopic (exact) mass is 319 g/mol. The third-order valence-corrected chi connectivity index (χ3v) is 4.71. The second-order valence-electron chi connectivity index (χ2n) is 6.48. The molecule has 2 aliphatic heterocycles. The van der Waals surface area contributed by atoms with Crippen LogP contribution in [0.25, 0.3) is 0 Å². The Balaban J connectivity index is 1.67. The summed E-state index contributed by atoms with van der Waals surface area (Å²) in [6.07, 6.45) is 0.385. The average molecular weight is 319 g/mol. The molecule has 5 heteroatoms. The Hall–Kier alpha value is -1.43. The molecule has 0 aliphatic carbocycles. The second kappa shape index (κ2) is 7.43. The fraction of sp³-hybridized carbons (Fsp3) is 0.611. The molecule has 0 spiro atoms. The molecule has 1 N–H and O–H groups in total. The van der Waals surface area contributed by atoms with Crippen LogP contribution in [0.2, 0.25) is 0 Å². The second-order valence-corrected chi connectivity index (χ2v) is 6.48. The predicted octanol–water partition coefficient (Wildman–Crippen LogP) is 1.76. The predicted molar refractivity (Wildman–Crippen MR) is 85.9 cm³/mol. The lowest BCUT2D eigenvalue weighted by Crippen LogP contribution is -2.51. The van der Waals surface area contributed by atoms with Crippen molar-refractivity contribution in [2.75, 3.05) is 26.3 Å². The van der Waals surface area contributed by atoms with E-state index in [9.17, 15) is 9.90 Å². The summed E-state index contributed by atoms with van der Waals surface area (Å²) in [6, 6.07) is 9.94. The zero-order valence-electron chi connectivity index (χ0n) is 13.6. The third kappa shape index (κ3) is 3.91. The smallest absolute Gasteiger partial charge is 0.251 e. The van der Waals surface area contributed by atoms with E-state index in [1.807, 2.05) is 37.3 Å². The number of amides is 1. The molecule has 2 fully saturated rings. The van der Waals surface area contributed by atoms with E-state index >= 15 is 0 Å². The van der Waals surface area contributed by atoms with Crippen LogP contribution in [0.15, 0.2) is 30.3 Å². The highest BCUT2D eigenvalue weighted by molar-refractivity contribution is 5.81. The lowest BCUT2D eigenvalue weighted by atomic mass is 9.92. The van der Waals surface area contributed by atoms with E-state index in [4.69, 9.17) is 9.47 Å². The highest BCUT2D eigenvalue weighted by Crippen LogP contribution is 2.27. The molecule has 2 aliphatic rings. The summed E-state index contributed by atoms with van der Waals surface area (Å²) in [5.41, 5.74) is 1.07. The molecule has 1 amide bonds. The summed E-state index contributed by atoms with van der Waals surface area (Å²) in [6.45, 7) is 4.24. The Labute approximate surface area is 137 Å². The van der Waals surface area contributed by atoms with E-state index in [0.717, 1.165) is 18.4 Å². The SMILES string of the molecule is C[C@@H]1CN(C(=O)[C@H](O)C2CCOCC2)C[C@@H](c2ccccc2)O1. The van der Waals surface area contributed by atoms with Gasteiger partial charge in [-0.05, 0) is 31.2 Å². The maximum absolute atomic E-state index is 12.7. The fourth-order valence-electron chi connectivity index (χ4n) is 3.40. The van der Waals surface area contributed by atoms with Gasteiger partial charge in [-0.15, -0.1) is 0 Å². The van der Waals surface area contributed by atoms with Crippen molar-refractivity contribution < 1.29 is 19.4 Å². The van der Waals surface area contributed by atoms with Gasteiger partial charge in [-0.25, -0.2) is 0 Å². The van der Waals surface area contributed by atoms with Crippen molar-refractivity contribution in [3.8, 4) is 0 Å². The van der Waals surface area contributed by atoms with Crippen LogP contribution in [0.3, 0.4) is 0 Å². The van der Waals surface area contributed by atoms with Crippen LogP contribution >= 0.6 is 0 Å². The standard InChI is InChI=1S/C18H25NO4/c1-13-11-19(12-16(23-13)14-5-3-2-4-6-14)18(21)17(20)15-7-9-22-10-8-15/h2-6,13,15-17,20H,7-12H2,1H3/t13-,16+,17-/m1/s1. The molecular formula is C18H25NO4. The number of morpholine rings is 1. The van der Waals surface area contributed by atoms with Crippen molar-refractivity contribution in [2.45, 2.75) is 38.1 Å². The van der Waals surface area contributed by atoms with Crippen LogP contribution in [0.4, 0.5) is 0 Å². The molecular weight excluding hydrogens is 294 g/mol. The topological polar surface area (TPSA) is 59.0 Å². The Bertz CT molecular complexity index is 515. The molecule has 3 rings (SSSR count). The van der Waals surface area contributed by atoms with Crippen molar-refractivity contribution >= 4 is 5.91 Å². The van der Waals surface area contributed by atoms with E-state index in [2.05, 4.69) is 0 Å². The summed E-state index contributed by atoms with van der Waals surface area (Å²) in [7, 11) is 0. The number of hydrogen-bond acceptors (Lipinski definition) is 4. The highest BCUT2D eigenvalue weighted by atomic mass is 16.5. The van der Waals surface area contributed by atoms with Crippen LogP contribution in [0, 0.1) is 5.92 Å². The van der Waals surface area contributed by atoms with Gasteiger partial charge in [-0.3, -0.25) is 4.79 Å². The van der Waals surface area contributed by atoms with Crippen molar-refractivity contribution in [1.29, 1.82) is 0 Å². The Morgan fingerprint density at radius 3 is 2.61 bits per heavy atom. The number of aliphatic hydroxyl groups is 1. The first-order chi connectivity index (χ1) is 11.1. The third-order valence-electron chi connectivity index (χ3n) is 4.71. The van der Waals surface area contributed by atoms with Crippen LogP contribution < -0.4 is 0 Å². The van der Waals surface area contributed by atoms with E-state index in [1.54, 1.807) is 4.90 Å². The summed E-state index contributed by atoms with van der Waals surface area (Å²) in [5.74, 6) is -0.169. The number of rotatable bonds is 3. The first-order valence-electron chi connectivity index (χ1n) is 8.40. The Morgan fingerprint density at radius 2 is 1.91 bits per heavy atom. The number of nitrogens with zero attached hydrogens (tertiary/aromatic N) is 1. The first kappa shape index (κ1) is 16.4. The van der Waals surface area contributed by atoms with Gasteiger partial charge in [0.15, 0.2) is 0 Å². The zero-order chi connectivity index (χ0) is 16.2. The Morgan fingerprint density at radius 1 is 1.22 bits per heavy atom. The number of carbonyl (C=O) groups excluding carboxylic acids is 1. The maximum Gasteiger partial charge on any atom is 0.251 e. The summed E-state index contributed by atoms with van der Waals surface area (Å²) >= 11 is 0. The van der Waals surface area contributed by atoms with Crippen LogP contribution in [-0.2, 0) is 14.3 Å². The number of carbonyl (C=O) groups is 1. The first-order valence-corrected chi connectivity index (χ1v) is 8.40. The van der Waals surface area contributed by atoms with Crippen LogP contribution in [0.1, 0.15) is 31.4 Å². The van der Waals surface area contributed by atoms with Crippen molar-refractivity contribution in [3.63, 3.8) is 0 Å². The molecule has 0 aromatic heterocycles. The number of hydrogen-bond donors (Lipinski definition) is 1. The minimum Gasteiger partial charge on any atom is -0.383 e. The maximum atomic E-state index is 12.7. The molecule has 1 aromatic rings. The van der Waals surface area contributed by atoms with E-state index in [0.29, 0.717) is 26.3 Å². The minimum atomic E-state index is -0.930. The van der Waals surface area contributed by atoms with Gasteiger partial charge in [0.1, 0.15) is 12.2 Å². The van der Waals surface area contributed by atoms with Crippen LogP contribution in [-0.4, -0.2) is 54.4 Å². The van der Waals surface area contributed by atoms with Crippen molar-refractivity contribution in [3.05, 3.63) is 35.9 Å². The van der Waals surface area contributed by atoms with Gasteiger partial charge in [0.2, 0.25) is 0 Å². The molecule has 126 valence electrons. The molecule has 5 nitrogen and oxygen atoms in total. The van der Waals surface area contributed by atoms with Crippen molar-refractivity contribution in [2.24, 2.45) is 5.92 Å². The van der Waals surface area contributed by atoms with Gasteiger partial charge < -0.3 is 19.5 Å². The fourth-order valence-corrected chi connectivity index (χ4v) is 3.40. The highest BCUT2D eigenvalue weighted by Gasteiger charge is 2.35. The van der Waals surface area contributed by atoms with Gasteiger partial charge in [0.05, 0.1) is 12.6 Å². The van der Waals surface area contributed by atoms with Gasteiger partial charge in [-0.2, -0.15) is 0 Å². The van der Waals surface area contributed by atoms with Crippen LogP contribution in [0.5, 0.6) is 0 Å². The van der Waals surface area contributed by atoms with Gasteiger partial charge >= 0.3 is 0 Å². The van der Waals surface area contributed by atoms with Gasteiger partial charge in [0.25, 0.3) is 5.91 Å². The lowest BCUT2D eigenvalue weighted by molar-refractivity contribution is -0.157. The number of ether oxygens (including phenoxy) is 2.